The van der Waals surface area contributed by atoms with E-state index in [1.807, 2.05) is 36.1 Å². The van der Waals surface area contributed by atoms with Gasteiger partial charge in [0.2, 0.25) is 0 Å². The Morgan fingerprint density at radius 2 is 1.59 bits per heavy atom. The number of esters is 1. The van der Waals surface area contributed by atoms with Gasteiger partial charge < -0.3 is 9.64 Å². The van der Waals surface area contributed by atoms with Gasteiger partial charge in [-0.1, -0.05) is 0 Å². The lowest BCUT2D eigenvalue weighted by Gasteiger charge is -2.22. The van der Waals surface area contributed by atoms with E-state index < -0.39 is 5.97 Å². The maximum absolute atomic E-state index is 11.2. The fourth-order valence-electron chi connectivity index (χ4n) is 2.28. The molecule has 2 aromatic carbocycles. The number of likely N-dealkylation sites (N-methyl/N-ethyl adjacent to an activating group) is 1. The van der Waals surface area contributed by atoms with E-state index in [0.29, 0.717) is 23.6 Å². The van der Waals surface area contributed by atoms with Crippen molar-refractivity contribution in [1.82, 2.24) is 0 Å². The van der Waals surface area contributed by atoms with Crippen molar-refractivity contribution in [2.75, 3.05) is 24.6 Å². The Hall–Kier alpha value is -3.60. The van der Waals surface area contributed by atoms with Crippen LogP contribution in [-0.2, 0) is 9.53 Å². The molecular weight excluding hydrogens is 346 g/mol. The van der Waals surface area contributed by atoms with Crippen LogP contribution in [0.1, 0.15) is 13.3 Å². The van der Waals surface area contributed by atoms with Gasteiger partial charge in [0, 0.05) is 12.2 Å². The van der Waals surface area contributed by atoms with Crippen LogP contribution in [0, 0.1) is 16.2 Å². The molecule has 27 heavy (non-hydrogen) atoms. The summed E-state index contributed by atoms with van der Waals surface area (Å²) in [5, 5.41) is 19.6. The van der Waals surface area contributed by atoms with Gasteiger partial charge in [-0.3, -0.25) is 4.79 Å². The molecule has 0 saturated carbocycles. The minimum atomic E-state index is -0.513. The van der Waals surface area contributed by atoms with Crippen molar-refractivity contribution in [3.8, 4) is 6.07 Å². The first-order chi connectivity index (χ1) is 13.2. The van der Waals surface area contributed by atoms with E-state index in [2.05, 4.69) is 15.4 Å². The molecule has 0 aliphatic rings. The summed E-state index contributed by atoms with van der Waals surface area (Å²) in [6.07, 6.45) is -0.236. The molecule has 0 fully saturated rings. The summed E-state index contributed by atoms with van der Waals surface area (Å²) < 4.78 is 5.00. The van der Waals surface area contributed by atoms with E-state index in [4.69, 9.17) is 10.00 Å². The molecule has 0 unspecified atom stereocenters. The second kappa shape index (κ2) is 10.4. The molecular formula is C19H19N5O3. The molecule has 0 amide bonds. The van der Waals surface area contributed by atoms with Crippen molar-refractivity contribution in [2.24, 2.45) is 15.4 Å². The summed E-state index contributed by atoms with van der Waals surface area (Å²) in [7, 11) is 0. The zero-order chi connectivity index (χ0) is 19.5. The fourth-order valence-corrected chi connectivity index (χ4v) is 2.28. The molecule has 0 aliphatic carbocycles. The van der Waals surface area contributed by atoms with Crippen molar-refractivity contribution < 1.29 is 9.53 Å². The van der Waals surface area contributed by atoms with Gasteiger partial charge in [0.1, 0.15) is 18.7 Å². The third-order valence-corrected chi connectivity index (χ3v) is 3.68. The topological polar surface area (TPSA) is 107 Å². The van der Waals surface area contributed by atoms with Gasteiger partial charge in [-0.2, -0.15) is 15.5 Å². The molecule has 8 nitrogen and oxygen atoms in total. The summed E-state index contributed by atoms with van der Waals surface area (Å²) in [6, 6.07) is 15.7. The van der Waals surface area contributed by atoms with Gasteiger partial charge in [-0.05, 0) is 60.6 Å². The van der Waals surface area contributed by atoms with Gasteiger partial charge >= 0.3 is 5.97 Å². The number of nitroso groups, excluding NO2 is 1. The van der Waals surface area contributed by atoms with Crippen molar-refractivity contribution >= 4 is 28.7 Å². The Morgan fingerprint density at radius 3 is 2.11 bits per heavy atom. The van der Waals surface area contributed by atoms with E-state index >= 15 is 0 Å². The predicted molar refractivity (Wildman–Crippen MR) is 102 cm³/mol. The third kappa shape index (κ3) is 6.32. The number of benzene rings is 2. The highest BCUT2D eigenvalue weighted by Crippen LogP contribution is 2.23. The van der Waals surface area contributed by atoms with Crippen LogP contribution in [0.3, 0.4) is 0 Å². The zero-order valence-corrected chi connectivity index (χ0v) is 14.9. The summed E-state index contributed by atoms with van der Waals surface area (Å²) in [5.74, 6) is -0.513. The summed E-state index contributed by atoms with van der Waals surface area (Å²) in [6.45, 7) is 3.50. The van der Waals surface area contributed by atoms with Crippen LogP contribution in [0.15, 0.2) is 63.9 Å². The van der Waals surface area contributed by atoms with E-state index in [1.165, 1.54) is 0 Å². The smallest absolute Gasteiger partial charge is 0.320 e. The van der Waals surface area contributed by atoms with E-state index in [-0.39, 0.29) is 13.0 Å². The average Bonchev–Trinajstić information content (AvgIpc) is 2.71. The maximum Gasteiger partial charge on any atom is 0.320 e. The second-order valence-electron chi connectivity index (χ2n) is 5.46. The number of ether oxygens (including phenoxy) is 1. The zero-order valence-electron chi connectivity index (χ0n) is 14.9. The van der Waals surface area contributed by atoms with E-state index in [1.54, 1.807) is 30.3 Å². The number of hydrogen-bond acceptors (Lipinski definition) is 8. The van der Waals surface area contributed by atoms with Gasteiger partial charge in [0.25, 0.3) is 0 Å². The molecule has 2 rings (SSSR count). The van der Waals surface area contributed by atoms with Gasteiger partial charge in [-0.25, -0.2) is 0 Å². The number of nitrogens with zero attached hydrogens (tertiary/aromatic N) is 5. The van der Waals surface area contributed by atoms with Crippen molar-refractivity contribution in [3.63, 3.8) is 0 Å². The molecule has 138 valence electrons. The SMILES string of the molecule is CCN(CCOC(=O)CC#N)c1ccc(N=Nc2ccc(N=O)cc2)cc1. The minimum Gasteiger partial charge on any atom is -0.463 e. The Labute approximate surface area is 157 Å². The minimum absolute atomic E-state index is 0.224. The van der Waals surface area contributed by atoms with Crippen LogP contribution >= 0.6 is 0 Å². The second-order valence-corrected chi connectivity index (χ2v) is 5.46. The molecule has 0 atom stereocenters. The standard InChI is InChI=1S/C19H19N5O3/c1-2-24(13-14-27-19(25)11-12-20)18-9-7-16(8-10-18)22-21-15-3-5-17(23-26)6-4-15/h3-10H,2,11,13-14H2,1H3. The third-order valence-electron chi connectivity index (χ3n) is 3.68. The quantitative estimate of drug-likeness (QED) is 0.361. The lowest BCUT2D eigenvalue weighted by atomic mass is 10.2. The van der Waals surface area contributed by atoms with Crippen LogP contribution in [0.5, 0.6) is 0 Å². The Balaban J connectivity index is 1.93. The van der Waals surface area contributed by atoms with Crippen LogP contribution in [0.25, 0.3) is 0 Å². The molecule has 8 heteroatoms. The van der Waals surface area contributed by atoms with Crippen molar-refractivity contribution in [3.05, 3.63) is 53.4 Å². The molecule has 0 radical (unpaired) electrons. The first-order valence-corrected chi connectivity index (χ1v) is 8.39. The molecule has 0 aromatic heterocycles. The van der Waals surface area contributed by atoms with Crippen molar-refractivity contribution in [1.29, 1.82) is 5.26 Å². The number of azo groups is 1. The molecule has 0 saturated heterocycles. The normalized spacial score (nSPS) is 10.4. The number of nitriles is 1. The molecule has 0 N–H and O–H groups in total. The van der Waals surface area contributed by atoms with Gasteiger partial charge in [0.05, 0.1) is 24.0 Å². The number of carbonyl (C=O) groups excluding carboxylic acids is 1. The number of rotatable bonds is 9. The number of carbonyl (C=O) groups is 1. The lowest BCUT2D eigenvalue weighted by molar-refractivity contribution is -0.142. The lowest BCUT2D eigenvalue weighted by Crippen LogP contribution is -2.27. The van der Waals surface area contributed by atoms with Gasteiger partial charge in [-0.15, -0.1) is 4.91 Å². The van der Waals surface area contributed by atoms with Crippen LogP contribution in [-0.4, -0.2) is 25.7 Å². The highest BCUT2D eigenvalue weighted by Gasteiger charge is 2.07. The summed E-state index contributed by atoms with van der Waals surface area (Å²) in [4.78, 5) is 23.7. The Kier molecular flexibility index (Phi) is 7.60. The van der Waals surface area contributed by atoms with E-state index in [9.17, 15) is 9.70 Å². The largest absolute Gasteiger partial charge is 0.463 e. The van der Waals surface area contributed by atoms with Crippen molar-refractivity contribution in [2.45, 2.75) is 13.3 Å². The molecule has 0 heterocycles. The average molecular weight is 365 g/mol. The van der Waals surface area contributed by atoms with Crippen LogP contribution in [0.4, 0.5) is 22.7 Å². The molecule has 0 bridgehead atoms. The first kappa shape index (κ1) is 19.7. The molecule has 0 aliphatic heterocycles. The highest BCUT2D eigenvalue weighted by molar-refractivity contribution is 5.71. The highest BCUT2D eigenvalue weighted by atomic mass is 16.5. The predicted octanol–water partition coefficient (Wildman–Crippen LogP) is 4.78. The van der Waals surface area contributed by atoms with E-state index in [0.717, 1.165) is 12.2 Å². The van der Waals surface area contributed by atoms with Crippen LogP contribution in [0.2, 0.25) is 0 Å². The Morgan fingerprint density at radius 1 is 1.04 bits per heavy atom. The molecule has 0 spiro atoms. The summed E-state index contributed by atoms with van der Waals surface area (Å²) >= 11 is 0. The van der Waals surface area contributed by atoms with Gasteiger partial charge in [0.15, 0.2) is 0 Å². The Bertz CT molecular complexity index is 826. The first-order valence-electron chi connectivity index (χ1n) is 8.39. The number of anilines is 1. The fraction of sp³-hybridized carbons (Fsp3) is 0.263. The number of hydrogen-bond donors (Lipinski definition) is 0. The monoisotopic (exact) mass is 365 g/mol. The van der Waals surface area contributed by atoms with Crippen LogP contribution < -0.4 is 4.90 Å². The molecule has 2 aromatic rings. The maximum atomic E-state index is 11.2. The summed E-state index contributed by atoms with van der Waals surface area (Å²) in [5.41, 5.74) is 2.62.